The van der Waals surface area contributed by atoms with Crippen LogP contribution in [0.5, 0.6) is 0 Å². The van der Waals surface area contributed by atoms with Crippen molar-refractivity contribution in [1.29, 1.82) is 0 Å². The number of carbonyl (C=O) groups excluding carboxylic acids is 4. The molecular formula is C42H77N5O14. The average molecular weight is 876 g/mol. The first kappa shape index (κ1) is 57.1. The van der Waals surface area contributed by atoms with Crippen molar-refractivity contribution in [2.45, 2.75) is 147 Å². The van der Waals surface area contributed by atoms with E-state index in [4.69, 9.17) is 29.2 Å². The molecule has 0 saturated heterocycles. The summed E-state index contributed by atoms with van der Waals surface area (Å²) in [6.07, 6.45) is 17.2. The summed E-state index contributed by atoms with van der Waals surface area (Å²) in [5, 5.41) is 40.4. The third-order valence-corrected chi connectivity index (χ3v) is 9.57. The maximum atomic E-state index is 12.3. The first-order valence-corrected chi connectivity index (χ1v) is 22.2. The van der Waals surface area contributed by atoms with Crippen LogP contribution in [0.2, 0.25) is 0 Å². The van der Waals surface area contributed by atoms with E-state index in [-0.39, 0.29) is 115 Å². The molecule has 4 amide bonds. The van der Waals surface area contributed by atoms with Crippen LogP contribution < -0.4 is 26.6 Å². The van der Waals surface area contributed by atoms with Crippen molar-refractivity contribution in [3.8, 4) is 0 Å². The number of carbonyl (C=O) groups is 7. The minimum atomic E-state index is -1.19. The Morgan fingerprint density at radius 1 is 0.410 bits per heavy atom. The summed E-state index contributed by atoms with van der Waals surface area (Å²) in [7, 11) is 1.59. The summed E-state index contributed by atoms with van der Waals surface area (Å²) in [6, 6.07) is -1.74. The maximum Gasteiger partial charge on any atom is 0.326 e. The van der Waals surface area contributed by atoms with Gasteiger partial charge in [0.15, 0.2) is 0 Å². The maximum absolute atomic E-state index is 12.3. The summed E-state index contributed by atoms with van der Waals surface area (Å²) >= 11 is 0. The highest BCUT2D eigenvalue weighted by atomic mass is 16.5. The molecule has 8 N–H and O–H groups in total. The van der Waals surface area contributed by atoms with Crippen LogP contribution in [0.3, 0.4) is 0 Å². The number of amides is 4. The molecule has 0 aromatic rings. The van der Waals surface area contributed by atoms with Crippen LogP contribution in [0, 0.1) is 0 Å². The second-order valence-corrected chi connectivity index (χ2v) is 14.9. The van der Waals surface area contributed by atoms with E-state index >= 15 is 0 Å². The van der Waals surface area contributed by atoms with Gasteiger partial charge in [-0.3, -0.25) is 28.8 Å². The van der Waals surface area contributed by atoms with Crippen molar-refractivity contribution in [3.05, 3.63) is 0 Å². The zero-order chi connectivity index (χ0) is 45.2. The Hall–Kier alpha value is -3.91. The van der Waals surface area contributed by atoms with Crippen molar-refractivity contribution in [3.63, 3.8) is 0 Å². The molecule has 0 aromatic carbocycles. The number of aliphatic carboxylic acids is 3. The van der Waals surface area contributed by atoms with E-state index in [1.165, 1.54) is 38.5 Å². The normalized spacial score (nSPS) is 12.0. The van der Waals surface area contributed by atoms with Gasteiger partial charge in [-0.1, -0.05) is 77.0 Å². The fourth-order valence-corrected chi connectivity index (χ4v) is 6.06. The first-order chi connectivity index (χ1) is 29.5. The molecule has 0 saturated carbocycles. The Labute approximate surface area is 361 Å². The van der Waals surface area contributed by atoms with Crippen molar-refractivity contribution < 1.29 is 67.8 Å². The molecule has 0 heterocycles. The van der Waals surface area contributed by atoms with Crippen LogP contribution in [-0.4, -0.2) is 148 Å². The van der Waals surface area contributed by atoms with Crippen LogP contribution >= 0.6 is 0 Å². The third-order valence-electron chi connectivity index (χ3n) is 9.57. The molecule has 354 valence electrons. The lowest BCUT2D eigenvalue weighted by molar-refractivity contribution is -0.142. The lowest BCUT2D eigenvalue weighted by atomic mass is 10.0. The molecule has 0 aliphatic rings. The molecule has 19 nitrogen and oxygen atoms in total. The van der Waals surface area contributed by atoms with E-state index in [2.05, 4.69) is 26.6 Å². The molecule has 1 unspecified atom stereocenters. The molecule has 19 heteroatoms. The summed E-state index contributed by atoms with van der Waals surface area (Å²) in [4.78, 5) is 81.3. The summed E-state index contributed by atoms with van der Waals surface area (Å²) in [5.74, 6) is -4.09. The zero-order valence-corrected chi connectivity index (χ0v) is 36.6. The molecule has 0 aliphatic carbocycles. The Balaban J connectivity index is 3.65. The predicted octanol–water partition coefficient (Wildman–Crippen LogP) is 2.92. The van der Waals surface area contributed by atoms with E-state index in [1.54, 1.807) is 7.05 Å². The molecule has 0 rings (SSSR count). The van der Waals surface area contributed by atoms with Crippen molar-refractivity contribution in [2.75, 3.05) is 79.5 Å². The van der Waals surface area contributed by atoms with Gasteiger partial charge in [0, 0.05) is 38.9 Å². The molecular weight excluding hydrogens is 798 g/mol. The number of rotatable bonds is 45. The van der Waals surface area contributed by atoms with Gasteiger partial charge in [0.1, 0.15) is 25.3 Å². The van der Waals surface area contributed by atoms with Gasteiger partial charge in [-0.15, -0.1) is 0 Å². The van der Waals surface area contributed by atoms with Gasteiger partial charge < -0.3 is 60.9 Å². The molecule has 0 bridgehead atoms. The van der Waals surface area contributed by atoms with Gasteiger partial charge in [-0.05, 0) is 45.6 Å². The Morgan fingerprint density at radius 3 is 1.30 bits per heavy atom. The minimum Gasteiger partial charge on any atom is -0.481 e. The number of carboxylic acid groups (broad SMARTS) is 3. The smallest absolute Gasteiger partial charge is 0.326 e. The van der Waals surface area contributed by atoms with Gasteiger partial charge in [-0.2, -0.15) is 0 Å². The lowest BCUT2D eigenvalue weighted by Gasteiger charge is -2.14. The van der Waals surface area contributed by atoms with Crippen LogP contribution in [0.25, 0.3) is 0 Å². The highest BCUT2D eigenvalue weighted by Gasteiger charge is 2.21. The van der Waals surface area contributed by atoms with Gasteiger partial charge in [0.25, 0.3) is 0 Å². The largest absolute Gasteiger partial charge is 0.481 e. The molecule has 0 radical (unpaired) electrons. The van der Waals surface area contributed by atoms with E-state index in [1.807, 2.05) is 0 Å². The fraction of sp³-hybridized carbons (Fsp3) is 0.833. The van der Waals surface area contributed by atoms with Crippen molar-refractivity contribution in [1.82, 2.24) is 26.6 Å². The second kappa shape index (κ2) is 41.4. The molecule has 2 atom stereocenters. The highest BCUT2D eigenvalue weighted by Crippen LogP contribution is 2.14. The van der Waals surface area contributed by atoms with E-state index in [0.29, 0.717) is 32.2 Å². The topological polar surface area (TPSA) is 277 Å². The minimum absolute atomic E-state index is 0.0305. The number of nitrogens with one attached hydrogen (secondary N) is 5. The average Bonchev–Trinajstić information content (AvgIpc) is 3.22. The summed E-state index contributed by atoms with van der Waals surface area (Å²) < 4.78 is 21.3. The van der Waals surface area contributed by atoms with Crippen LogP contribution in [0.4, 0.5) is 0 Å². The molecule has 0 aliphatic heterocycles. The van der Waals surface area contributed by atoms with Crippen molar-refractivity contribution >= 4 is 41.5 Å². The van der Waals surface area contributed by atoms with Gasteiger partial charge >= 0.3 is 17.9 Å². The second-order valence-electron chi connectivity index (χ2n) is 14.9. The van der Waals surface area contributed by atoms with Gasteiger partial charge in [0.05, 0.1) is 39.6 Å². The molecule has 0 spiro atoms. The quantitative estimate of drug-likeness (QED) is 0.0409. The van der Waals surface area contributed by atoms with Crippen molar-refractivity contribution in [2.24, 2.45) is 0 Å². The predicted molar refractivity (Wildman–Crippen MR) is 227 cm³/mol. The number of hydrogen-bond donors (Lipinski definition) is 8. The van der Waals surface area contributed by atoms with Crippen LogP contribution in [0.15, 0.2) is 0 Å². The molecule has 61 heavy (non-hydrogen) atoms. The summed E-state index contributed by atoms with van der Waals surface area (Å²) in [6.45, 7) is 1.86. The Bertz CT molecular complexity index is 1200. The monoisotopic (exact) mass is 876 g/mol. The standard InChI is InChI=1S/C42H77N5O14/c1-43-34(41(54)55)18-16-17-23-44-38(50)32-60-30-29-59-27-25-46-39(51)33-61-31-28-58-26-24-45-36(48)22-21-35(42(56)57)47-37(49)19-14-12-10-8-6-4-2-3-5-7-9-11-13-15-20-40(52)53/h34-35,43H,2-33H2,1H3,(H,44,50)(H,45,48)(H,46,51)(H,47,49)(H,52,53)(H,54,55)(H,56,57)/t34?,35-/m0/s1. The number of hydrogen-bond acceptors (Lipinski definition) is 12. The van der Waals surface area contributed by atoms with Gasteiger partial charge in [-0.25, -0.2) is 4.79 Å². The van der Waals surface area contributed by atoms with Crippen LogP contribution in [0.1, 0.15) is 135 Å². The number of likely N-dealkylation sites (N-methyl/N-ethyl adjacent to an activating group) is 1. The third kappa shape index (κ3) is 40.0. The summed E-state index contributed by atoms with van der Waals surface area (Å²) in [5.41, 5.74) is 0. The highest BCUT2D eigenvalue weighted by molar-refractivity contribution is 5.84. The van der Waals surface area contributed by atoms with Crippen LogP contribution in [-0.2, 0) is 52.5 Å². The van der Waals surface area contributed by atoms with E-state index in [9.17, 15) is 38.7 Å². The fourth-order valence-electron chi connectivity index (χ4n) is 6.06. The Morgan fingerprint density at radius 2 is 0.836 bits per heavy atom. The lowest BCUT2D eigenvalue weighted by Crippen LogP contribution is -2.41. The van der Waals surface area contributed by atoms with Gasteiger partial charge in [0.2, 0.25) is 23.6 Å². The molecule has 0 fully saturated rings. The number of ether oxygens (including phenoxy) is 4. The first-order valence-electron chi connectivity index (χ1n) is 22.2. The number of unbranched alkanes of at least 4 members (excludes halogenated alkanes) is 14. The van der Waals surface area contributed by atoms with E-state index < -0.39 is 30.0 Å². The Kier molecular flexibility index (Phi) is 38.8. The van der Waals surface area contributed by atoms with E-state index in [0.717, 1.165) is 44.9 Å². The number of carboxylic acids is 3. The SMILES string of the molecule is CNC(CCCCNC(=O)COCCOCCNC(=O)COCCOCCNC(=O)CC[C@H](NC(=O)CCCCCCCCCCCCCCCCC(=O)O)C(=O)O)C(=O)O. The zero-order valence-electron chi connectivity index (χ0n) is 36.6. The molecule has 0 aromatic heterocycles.